The number of nitrogens with zero attached hydrogens (tertiary/aromatic N) is 1. The van der Waals surface area contributed by atoms with Gasteiger partial charge < -0.3 is 9.73 Å². The van der Waals surface area contributed by atoms with Crippen LogP contribution in [0.1, 0.15) is 46.3 Å². The van der Waals surface area contributed by atoms with E-state index < -0.39 is 10.0 Å². The lowest BCUT2D eigenvalue weighted by Gasteiger charge is -2.24. The Bertz CT molecular complexity index is 504. The van der Waals surface area contributed by atoms with Crippen LogP contribution in [-0.4, -0.2) is 31.9 Å². The topological polar surface area (TPSA) is 62.6 Å². The van der Waals surface area contributed by atoms with Crippen LogP contribution < -0.4 is 5.32 Å². The molecule has 0 saturated carbocycles. The van der Waals surface area contributed by atoms with Gasteiger partial charge in [0, 0.05) is 19.1 Å². The molecule has 1 heterocycles. The first kappa shape index (κ1) is 17.2. The fourth-order valence-electron chi connectivity index (χ4n) is 2.04. The third kappa shape index (κ3) is 4.07. The highest BCUT2D eigenvalue weighted by Gasteiger charge is 2.28. The molecule has 5 nitrogen and oxygen atoms in total. The molecule has 1 aromatic heterocycles. The van der Waals surface area contributed by atoms with Gasteiger partial charge in [-0.2, -0.15) is 4.31 Å². The maximum Gasteiger partial charge on any atom is 0.276 e. The van der Waals surface area contributed by atoms with Crippen molar-refractivity contribution in [1.29, 1.82) is 0 Å². The summed E-state index contributed by atoms with van der Waals surface area (Å²) in [6.45, 7) is 8.56. The van der Waals surface area contributed by atoms with Crippen molar-refractivity contribution in [3.05, 3.63) is 17.9 Å². The van der Waals surface area contributed by atoms with E-state index >= 15 is 0 Å². The van der Waals surface area contributed by atoms with Crippen LogP contribution in [0.15, 0.2) is 21.6 Å². The third-order valence-corrected chi connectivity index (χ3v) is 5.20. The predicted molar refractivity (Wildman–Crippen MR) is 80.0 cm³/mol. The summed E-state index contributed by atoms with van der Waals surface area (Å²) in [5.74, 6) is 0.634. The zero-order chi connectivity index (χ0) is 15.3. The zero-order valence-corrected chi connectivity index (χ0v) is 13.8. The highest BCUT2D eigenvalue weighted by Crippen LogP contribution is 2.21. The molecular formula is C14H26N2O3S. The molecule has 116 valence electrons. The summed E-state index contributed by atoms with van der Waals surface area (Å²) >= 11 is 0. The molecule has 1 aromatic rings. The van der Waals surface area contributed by atoms with Gasteiger partial charge in [0.15, 0.2) is 0 Å². The average molecular weight is 302 g/mol. The van der Waals surface area contributed by atoms with Crippen molar-refractivity contribution in [2.24, 2.45) is 0 Å². The largest absolute Gasteiger partial charge is 0.447 e. The minimum Gasteiger partial charge on any atom is -0.447 e. The predicted octanol–water partition coefficient (Wildman–Crippen LogP) is 2.59. The Morgan fingerprint density at radius 1 is 1.25 bits per heavy atom. The quantitative estimate of drug-likeness (QED) is 0.801. The lowest BCUT2D eigenvalue weighted by molar-refractivity contribution is 0.327. The molecule has 0 aliphatic heterocycles. The molecular weight excluding hydrogens is 276 g/mol. The van der Waals surface area contributed by atoms with E-state index in [1.807, 2.05) is 27.7 Å². The van der Waals surface area contributed by atoms with Crippen molar-refractivity contribution in [1.82, 2.24) is 9.62 Å². The van der Waals surface area contributed by atoms with Gasteiger partial charge in [0.05, 0.1) is 6.54 Å². The molecule has 0 aliphatic carbocycles. The first-order chi connectivity index (χ1) is 9.32. The lowest BCUT2D eigenvalue weighted by atomic mass is 10.2. The molecule has 0 atom stereocenters. The van der Waals surface area contributed by atoms with Crippen LogP contribution in [0, 0.1) is 0 Å². The van der Waals surface area contributed by atoms with Gasteiger partial charge in [-0.05, 0) is 25.0 Å². The number of sulfonamides is 1. The minimum absolute atomic E-state index is 0.00217. The smallest absolute Gasteiger partial charge is 0.276 e. The Kier molecular flexibility index (Phi) is 6.23. The molecule has 1 N–H and O–H groups in total. The number of hydrogen-bond acceptors (Lipinski definition) is 4. The molecule has 1 rings (SSSR count). The summed E-state index contributed by atoms with van der Waals surface area (Å²) in [5.41, 5.74) is 0. The first-order valence-corrected chi connectivity index (χ1v) is 8.57. The summed E-state index contributed by atoms with van der Waals surface area (Å²) in [7, 11) is -1.93. The Morgan fingerprint density at radius 3 is 2.35 bits per heavy atom. The normalized spacial score (nSPS) is 12.8. The van der Waals surface area contributed by atoms with E-state index in [1.54, 1.807) is 13.1 Å². The summed E-state index contributed by atoms with van der Waals surface area (Å²) in [6, 6.07) is 3.57. The highest BCUT2D eigenvalue weighted by atomic mass is 32.2. The Hall–Kier alpha value is -0.850. The van der Waals surface area contributed by atoms with Crippen LogP contribution in [0.5, 0.6) is 0 Å². The summed E-state index contributed by atoms with van der Waals surface area (Å²) in [4.78, 5) is 0. The van der Waals surface area contributed by atoms with Crippen LogP contribution in [0.3, 0.4) is 0 Å². The van der Waals surface area contributed by atoms with E-state index in [0.29, 0.717) is 18.3 Å². The van der Waals surface area contributed by atoms with Crippen molar-refractivity contribution in [3.63, 3.8) is 0 Å². The van der Waals surface area contributed by atoms with Crippen molar-refractivity contribution < 1.29 is 12.8 Å². The van der Waals surface area contributed by atoms with Gasteiger partial charge in [-0.25, -0.2) is 8.42 Å². The Labute approximate surface area is 122 Å². The standard InChI is InChI=1S/C14H26N2O3S/c1-6-12(7-2)16(5)20(17,18)14-9-8-13(19-14)10-15-11(3)4/h8-9,11-12,15H,6-7,10H2,1-5H3. The number of rotatable bonds is 8. The van der Waals surface area contributed by atoms with Crippen LogP contribution in [0.4, 0.5) is 0 Å². The summed E-state index contributed by atoms with van der Waals surface area (Å²) in [6.07, 6.45) is 1.57. The van der Waals surface area contributed by atoms with E-state index in [1.165, 1.54) is 10.4 Å². The van der Waals surface area contributed by atoms with E-state index in [9.17, 15) is 8.42 Å². The minimum atomic E-state index is -3.54. The second kappa shape index (κ2) is 7.24. The van der Waals surface area contributed by atoms with Crippen LogP contribution >= 0.6 is 0 Å². The van der Waals surface area contributed by atoms with Crippen molar-refractivity contribution >= 4 is 10.0 Å². The molecule has 20 heavy (non-hydrogen) atoms. The Morgan fingerprint density at radius 2 is 1.85 bits per heavy atom. The SMILES string of the molecule is CCC(CC)N(C)S(=O)(=O)c1ccc(CNC(C)C)o1. The van der Waals surface area contributed by atoms with Crippen LogP contribution in [-0.2, 0) is 16.6 Å². The molecule has 0 unspecified atom stereocenters. The van der Waals surface area contributed by atoms with E-state index in [0.717, 1.165) is 12.8 Å². The van der Waals surface area contributed by atoms with Gasteiger partial charge in [-0.15, -0.1) is 0 Å². The monoisotopic (exact) mass is 302 g/mol. The zero-order valence-electron chi connectivity index (χ0n) is 13.0. The van der Waals surface area contributed by atoms with Gasteiger partial charge >= 0.3 is 0 Å². The number of nitrogens with one attached hydrogen (secondary N) is 1. The fraction of sp³-hybridized carbons (Fsp3) is 0.714. The summed E-state index contributed by atoms with van der Waals surface area (Å²) in [5, 5.41) is 3.22. The van der Waals surface area contributed by atoms with E-state index in [-0.39, 0.29) is 11.1 Å². The molecule has 0 spiro atoms. The molecule has 0 radical (unpaired) electrons. The second-order valence-electron chi connectivity index (χ2n) is 5.25. The highest BCUT2D eigenvalue weighted by molar-refractivity contribution is 7.89. The molecule has 0 amide bonds. The molecule has 0 bridgehead atoms. The van der Waals surface area contributed by atoms with Crippen LogP contribution in [0.2, 0.25) is 0 Å². The van der Waals surface area contributed by atoms with Crippen molar-refractivity contribution in [2.75, 3.05) is 7.05 Å². The van der Waals surface area contributed by atoms with Gasteiger partial charge in [0.25, 0.3) is 10.0 Å². The molecule has 6 heteroatoms. The maximum absolute atomic E-state index is 12.5. The van der Waals surface area contributed by atoms with Gasteiger partial charge in [0.1, 0.15) is 5.76 Å². The Balaban J connectivity index is 2.87. The average Bonchev–Trinajstić information content (AvgIpc) is 2.87. The van der Waals surface area contributed by atoms with Gasteiger partial charge in [-0.3, -0.25) is 0 Å². The molecule has 0 saturated heterocycles. The molecule has 0 aliphatic rings. The second-order valence-corrected chi connectivity index (χ2v) is 7.18. The number of hydrogen-bond donors (Lipinski definition) is 1. The van der Waals surface area contributed by atoms with Gasteiger partial charge in [0.2, 0.25) is 5.09 Å². The lowest BCUT2D eigenvalue weighted by Crippen LogP contribution is -2.36. The van der Waals surface area contributed by atoms with Crippen LogP contribution in [0.25, 0.3) is 0 Å². The number of furan rings is 1. The third-order valence-electron chi connectivity index (χ3n) is 3.41. The van der Waals surface area contributed by atoms with E-state index in [4.69, 9.17) is 4.42 Å². The van der Waals surface area contributed by atoms with Crippen molar-refractivity contribution in [3.8, 4) is 0 Å². The molecule has 0 aromatic carbocycles. The van der Waals surface area contributed by atoms with E-state index in [2.05, 4.69) is 5.32 Å². The maximum atomic E-state index is 12.5. The molecule has 0 fully saturated rings. The first-order valence-electron chi connectivity index (χ1n) is 7.13. The summed E-state index contributed by atoms with van der Waals surface area (Å²) < 4.78 is 31.8. The fourth-order valence-corrected chi connectivity index (χ4v) is 3.46. The van der Waals surface area contributed by atoms with Crippen molar-refractivity contribution in [2.45, 2.75) is 64.3 Å². The van der Waals surface area contributed by atoms with Gasteiger partial charge in [-0.1, -0.05) is 27.7 Å².